The van der Waals surface area contributed by atoms with Crippen molar-refractivity contribution in [2.24, 2.45) is 0 Å². The van der Waals surface area contributed by atoms with E-state index in [1.807, 2.05) is 25.1 Å². The highest BCUT2D eigenvalue weighted by Gasteiger charge is 2.53. The summed E-state index contributed by atoms with van der Waals surface area (Å²) in [6.07, 6.45) is 0.367. The second kappa shape index (κ2) is 6.04. The summed E-state index contributed by atoms with van der Waals surface area (Å²) in [6.45, 7) is 9.89. The van der Waals surface area contributed by atoms with E-state index in [0.29, 0.717) is 6.54 Å². The quantitative estimate of drug-likeness (QED) is 0.862. The van der Waals surface area contributed by atoms with Crippen LogP contribution in [0.4, 0.5) is 15.3 Å². The molecule has 3 rings (SSSR count). The Balaban J connectivity index is 1.71. The molecule has 7 heteroatoms. The SMILES string of the molecule is [C-]#[N+]C1(c2ccc(N3CC(CNC(=O)OC)OC3=O)cc2C)CC1. The van der Waals surface area contributed by atoms with Crippen molar-refractivity contribution in [3.8, 4) is 0 Å². The molecular formula is C17H19N3O4. The molecule has 1 atom stereocenters. The summed E-state index contributed by atoms with van der Waals surface area (Å²) in [5.41, 5.74) is 2.42. The van der Waals surface area contributed by atoms with Crippen LogP contribution in [0.5, 0.6) is 0 Å². The number of nitrogens with one attached hydrogen (secondary N) is 1. The minimum atomic E-state index is -0.557. The zero-order valence-corrected chi connectivity index (χ0v) is 13.7. The normalized spacial score (nSPS) is 21.0. The molecule has 0 bridgehead atoms. The van der Waals surface area contributed by atoms with Gasteiger partial charge in [-0.05, 0) is 30.7 Å². The van der Waals surface area contributed by atoms with Crippen molar-refractivity contribution in [2.75, 3.05) is 25.1 Å². The molecule has 1 aliphatic carbocycles. The minimum Gasteiger partial charge on any atom is -0.453 e. The third kappa shape index (κ3) is 2.87. The fraction of sp³-hybridized carbons (Fsp3) is 0.471. The van der Waals surface area contributed by atoms with Gasteiger partial charge in [0.1, 0.15) is 6.10 Å². The van der Waals surface area contributed by atoms with Gasteiger partial charge >= 0.3 is 12.2 Å². The van der Waals surface area contributed by atoms with Gasteiger partial charge in [0.25, 0.3) is 5.54 Å². The Bertz CT molecular complexity index is 721. The maximum absolute atomic E-state index is 12.1. The van der Waals surface area contributed by atoms with Gasteiger partial charge in [-0.3, -0.25) is 4.90 Å². The number of carbonyl (C=O) groups excluding carboxylic acids is 2. The Morgan fingerprint density at radius 1 is 1.54 bits per heavy atom. The molecule has 1 N–H and O–H groups in total. The van der Waals surface area contributed by atoms with Gasteiger partial charge < -0.3 is 19.6 Å². The molecule has 1 unspecified atom stereocenters. The molecule has 1 aliphatic heterocycles. The second-order valence-electron chi connectivity index (χ2n) is 6.13. The van der Waals surface area contributed by atoms with Crippen LogP contribution in [0.2, 0.25) is 0 Å². The molecule has 0 radical (unpaired) electrons. The molecule has 2 aliphatic rings. The highest BCUT2D eigenvalue weighted by atomic mass is 16.6. The van der Waals surface area contributed by atoms with Crippen LogP contribution in [-0.4, -0.2) is 38.5 Å². The van der Waals surface area contributed by atoms with Gasteiger partial charge in [0.2, 0.25) is 0 Å². The number of aryl methyl sites for hydroxylation is 1. The number of anilines is 1. The number of amides is 2. The Morgan fingerprint density at radius 3 is 2.88 bits per heavy atom. The number of ether oxygens (including phenoxy) is 2. The summed E-state index contributed by atoms with van der Waals surface area (Å²) in [7, 11) is 1.28. The van der Waals surface area contributed by atoms with Gasteiger partial charge in [-0.2, -0.15) is 0 Å². The van der Waals surface area contributed by atoms with Crippen LogP contribution in [0.3, 0.4) is 0 Å². The Morgan fingerprint density at radius 2 is 2.29 bits per heavy atom. The van der Waals surface area contributed by atoms with Gasteiger partial charge in [-0.1, -0.05) is 0 Å². The number of hydrogen-bond donors (Lipinski definition) is 1. The molecule has 1 aromatic rings. The van der Waals surface area contributed by atoms with E-state index in [0.717, 1.165) is 29.7 Å². The van der Waals surface area contributed by atoms with Crippen LogP contribution in [-0.2, 0) is 15.0 Å². The lowest BCUT2D eigenvalue weighted by molar-refractivity contribution is 0.132. The summed E-state index contributed by atoms with van der Waals surface area (Å²) in [5.74, 6) is 0. The fourth-order valence-corrected chi connectivity index (χ4v) is 3.01. The average molecular weight is 329 g/mol. The topological polar surface area (TPSA) is 72.2 Å². The number of benzene rings is 1. The molecule has 2 fully saturated rings. The summed E-state index contributed by atoms with van der Waals surface area (Å²) >= 11 is 0. The maximum atomic E-state index is 12.1. The molecule has 0 aromatic heterocycles. The standard InChI is InChI=1S/C17H19N3O4/c1-11-8-12(4-5-14(11)17(18-2)6-7-17)20-10-13(24-16(20)22)9-19-15(21)23-3/h4-5,8,13H,6-7,9-10H2,1,3H3,(H,19,21). The molecule has 126 valence electrons. The summed E-state index contributed by atoms with van der Waals surface area (Å²) in [5, 5.41) is 2.52. The number of cyclic esters (lactones) is 1. The Hall–Kier alpha value is -2.75. The Kier molecular flexibility index (Phi) is 4.06. The zero-order valence-electron chi connectivity index (χ0n) is 13.7. The monoisotopic (exact) mass is 329 g/mol. The summed E-state index contributed by atoms with van der Waals surface area (Å²) in [4.78, 5) is 28.5. The summed E-state index contributed by atoms with van der Waals surface area (Å²) < 4.78 is 9.76. The number of methoxy groups -OCH3 is 1. The first-order valence-corrected chi connectivity index (χ1v) is 7.79. The van der Waals surface area contributed by atoms with Crippen molar-refractivity contribution in [1.82, 2.24) is 5.32 Å². The number of rotatable bonds is 4. The van der Waals surface area contributed by atoms with Crippen LogP contribution < -0.4 is 10.2 Å². The molecule has 0 spiro atoms. The van der Waals surface area contributed by atoms with E-state index in [1.165, 1.54) is 12.0 Å². The lowest BCUT2D eigenvalue weighted by Gasteiger charge is -2.16. The predicted molar refractivity (Wildman–Crippen MR) is 86.7 cm³/mol. The summed E-state index contributed by atoms with van der Waals surface area (Å²) in [6, 6.07) is 5.70. The highest BCUT2D eigenvalue weighted by Crippen LogP contribution is 2.51. The van der Waals surface area contributed by atoms with E-state index in [4.69, 9.17) is 11.3 Å². The lowest BCUT2D eigenvalue weighted by Crippen LogP contribution is -2.34. The number of carbonyl (C=O) groups is 2. The van der Waals surface area contributed by atoms with Crippen molar-refractivity contribution < 1.29 is 19.1 Å². The first-order chi connectivity index (χ1) is 11.5. The number of hydrogen-bond acceptors (Lipinski definition) is 4. The fourth-order valence-electron chi connectivity index (χ4n) is 3.01. The average Bonchev–Trinajstić information content (AvgIpc) is 3.29. The van der Waals surface area contributed by atoms with Gasteiger partial charge in [0.05, 0.1) is 20.2 Å². The first-order valence-electron chi connectivity index (χ1n) is 7.79. The second-order valence-corrected chi connectivity index (χ2v) is 6.13. The third-order valence-electron chi connectivity index (χ3n) is 4.49. The molecule has 2 amide bonds. The predicted octanol–water partition coefficient (Wildman–Crippen LogP) is 2.58. The smallest absolute Gasteiger partial charge is 0.414 e. The van der Waals surface area contributed by atoms with Crippen molar-refractivity contribution in [1.29, 1.82) is 0 Å². The molecule has 1 saturated carbocycles. The van der Waals surface area contributed by atoms with Crippen LogP contribution >= 0.6 is 0 Å². The molecule has 1 heterocycles. The molecular weight excluding hydrogens is 310 g/mol. The molecule has 1 saturated heterocycles. The van der Waals surface area contributed by atoms with Crippen molar-refractivity contribution in [2.45, 2.75) is 31.4 Å². The number of alkyl carbamates (subject to hydrolysis) is 1. The Labute approximate surface area is 140 Å². The van der Waals surface area contributed by atoms with Gasteiger partial charge in [0, 0.05) is 24.1 Å². The molecule has 24 heavy (non-hydrogen) atoms. The van der Waals surface area contributed by atoms with Gasteiger partial charge in [-0.15, -0.1) is 0 Å². The van der Waals surface area contributed by atoms with E-state index >= 15 is 0 Å². The molecule has 1 aromatic carbocycles. The van der Waals surface area contributed by atoms with Crippen molar-refractivity contribution in [3.63, 3.8) is 0 Å². The van der Waals surface area contributed by atoms with E-state index in [-0.39, 0.29) is 12.1 Å². The van der Waals surface area contributed by atoms with E-state index in [2.05, 4.69) is 14.9 Å². The van der Waals surface area contributed by atoms with Gasteiger partial charge in [0.15, 0.2) is 0 Å². The lowest BCUT2D eigenvalue weighted by atomic mass is 9.99. The largest absolute Gasteiger partial charge is 0.453 e. The molecule has 7 nitrogen and oxygen atoms in total. The third-order valence-corrected chi connectivity index (χ3v) is 4.49. The number of nitrogens with zero attached hydrogens (tertiary/aromatic N) is 2. The van der Waals surface area contributed by atoms with Crippen molar-refractivity contribution in [3.05, 3.63) is 40.7 Å². The van der Waals surface area contributed by atoms with E-state index in [9.17, 15) is 9.59 Å². The van der Waals surface area contributed by atoms with Crippen LogP contribution in [0, 0.1) is 13.5 Å². The first kappa shape index (κ1) is 16.1. The van der Waals surface area contributed by atoms with Gasteiger partial charge in [-0.25, -0.2) is 16.2 Å². The minimum absolute atomic E-state index is 0.201. The van der Waals surface area contributed by atoms with Crippen molar-refractivity contribution >= 4 is 17.9 Å². The van der Waals surface area contributed by atoms with Crippen LogP contribution in [0.1, 0.15) is 24.0 Å². The van der Waals surface area contributed by atoms with Crippen LogP contribution in [0.25, 0.3) is 4.85 Å². The highest BCUT2D eigenvalue weighted by molar-refractivity contribution is 5.90. The maximum Gasteiger partial charge on any atom is 0.414 e. The van der Waals surface area contributed by atoms with Crippen LogP contribution in [0.15, 0.2) is 18.2 Å². The van der Waals surface area contributed by atoms with E-state index in [1.54, 1.807) is 0 Å². The zero-order chi connectivity index (χ0) is 17.3. The van der Waals surface area contributed by atoms with E-state index < -0.39 is 18.3 Å².